The highest BCUT2D eigenvalue weighted by Crippen LogP contribution is 2.24. The Morgan fingerprint density at radius 1 is 1.40 bits per heavy atom. The number of nitrogens with zero attached hydrogens (tertiary/aromatic N) is 2. The van der Waals surface area contributed by atoms with Crippen LogP contribution >= 0.6 is 0 Å². The minimum atomic E-state index is -0.572. The molecule has 2 aromatic heterocycles. The fourth-order valence-electron chi connectivity index (χ4n) is 2.24. The average Bonchev–Trinajstić information content (AvgIpc) is 3.06. The van der Waals surface area contributed by atoms with Gasteiger partial charge in [-0.2, -0.15) is 0 Å². The first kappa shape index (κ1) is 12.7. The third-order valence-electron chi connectivity index (χ3n) is 3.32. The Labute approximate surface area is 116 Å². The summed E-state index contributed by atoms with van der Waals surface area (Å²) in [5.74, 6) is 1.67. The van der Waals surface area contributed by atoms with Crippen molar-refractivity contribution in [1.29, 1.82) is 0 Å². The first-order valence-corrected chi connectivity index (χ1v) is 6.59. The molecule has 0 amide bonds. The van der Waals surface area contributed by atoms with Crippen molar-refractivity contribution in [3.05, 3.63) is 48.7 Å². The van der Waals surface area contributed by atoms with Crippen molar-refractivity contribution >= 4 is 10.9 Å². The molecule has 1 aromatic carbocycles. The van der Waals surface area contributed by atoms with E-state index in [9.17, 15) is 5.11 Å². The number of aromatic amines is 1. The number of rotatable bonds is 5. The molecule has 1 unspecified atom stereocenters. The van der Waals surface area contributed by atoms with Gasteiger partial charge in [0.25, 0.3) is 0 Å². The van der Waals surface area contributed by atoms with Crippen molar-refractivity contribution in [2.24, 2.45) is 0 Å². The van der Waals surface area contributed by atoms with Gasteiger partial charge in [-0.05, 0) is 25.1 Å². The second kappa shape index (κ2) is 5.38. The van der Waals surface area contributed by atoms with Gasteiger partial charge >= 0.3 is 0 Å². The summed E-state index contributed by atoms with van der Waals surface area (Å²) in [6.45, 7) is 2.64. The van der Waals surface area contributed by atoms with Crippen LogP contribution in [0.3, 0.4) is 0 Å². The highest BCUT2D eigenvalue weighted by Gasteiger charge is 2.09. The largest absolute Gasteiger partial charge is 0.490 e. The van der Waals surface area contributed by atoms with E-state index in [-0.39, 0.29) is 6.61 Å². The zero-order valence-corrected chi connectivity index (χ0v) is 11.3. The monoisotopic (exact) mass is 271 g/mol. The predicted octanol–water partition coefficient (Wildman–Crippen LogP) is 2.11. The molecule has 0 aliphatic carbocycles. The van der Waals surface area contributed by atoms with Gasteiger partial charge in [0, 0.05) is 29.5 Å². The molecule has 3 aromatic rings. The second-order valence-corrected chi connectivity index (χ2v) is 4.79. The van der Waals surface area contributed by atoms with Gasteiger partial charge in [0.15, 0.2) is 0 Å². The van der Waals surface area contributed by atoms with E-state index in [1.165, 1.54) is 0 Å². The van der Waals surface area contributed by atoms with E-state index >= 15 is 0 Å². The van der Waals surface area contributed by atoms with Crippen LogP contribution in [0.2, 0.25) is 0 Å². The molecule has 104 valence electrons. The number of aromatic nitrogens is 3. The standard InChI is InChI=1S/C15H17N3O2/c1-11-16-7-8-18(11)9-12(19)10-20-15-4-2-3-14-13(15)5-6-17-14/h2-8,12,17,19H,9-10H2,1H3. The van der Waals surface area contributed by atoms with Crippen LogP contribution in [0.15, 0.2) is 42.9 Å². The van der Waals surface area contributed by atoms with Crippen molar-refractivity contribution < 1.29 is 9.84 Å². The molecule has 2 heterocycles. The third kappa shape index (κ3) is 2.53. The van der Waals surface area contributed by atoms with Crippen molar-refractivity contribution in [3.63, 3.8) is 0 Å². The summed E-state index contributed by atoms with van der Waals surface area (Å²) < 4.78 is 7.63. The number of aryl methyl sites for hydroxylation is 1. The number of aliphatic hydroxyl groups is 1. The van der Waals surface area contributed by atoms with E-state index in [2.05, 4.69) is 9.97 Å². The number of imidazole rings is 1. The predicted molar refractivity (Wildman–Crippen MR) is 76.8 cm³/mol. The Bertz CT molecular complexity index is 702. The molecule has 2 N–H and O–H groups in total. The summed E-state index contributed by atoms with van der Waals surface area (Å²) in [5, 5.41) is 11.1. The van der Waals surface area contributed by atoms with Crippen molar-refractivity contribution in [2.75, 3.05) is 6.61 Å². The number of ether oxygens (including phenoxy) is 1. The summed E-state index contributed by atoms with van der Waals surface area (Å²) in [6.07, 6.45) is 4.88. The highest BCUT2D eigenvalue weighted by molar-refractivity contribution is 5.85. The summed E-state index contributed by atoms with van der Waals surface area (Å²) in [5.41, 5.74) is 1.03. The van der Waals surface area contributed by atoms with Crippen molar-refractivity contribution in [2.45, 2.75) is 19.6 Å². The Kier molecular flexibility index (Phi) is 3.43. The third-order valence-corrected chi connectivity index (χ3v) is 3.32. The number of aliphatic hydroxyl groups excluding tert-OH is 1. The van der Waals surface area contributed by atoms with Crippen LogP contribution in [-0.2, 0) is 6.54 Å². The number of fused-ring (bicyclic) bond motifs is 1. The molecule has 0 saturated heterocycles. The van der Waals surface area contributed by atoms with Crippen molar-refractivity contribution in [1.82, 2.24) is 14.5 Å². The van der Waals surface area contributed by atoms with Crippen LogP contribution < -0.4 is 4.74 Å². The van der Waals surface area contributed by atoms with Crippen LogP contribution in [0.5, 0.6) is 5.75 Å². The zero-order chi connectivity index (χ0) is 13.9. The fourth-order valence-corrected chi connectivity index (χ4v) is 2.24. The lowest BCUT2D eigenvalue weighted by Gasteiger charge is -2.14. The molecule has 0 radical (unpaired) electrons. The zero-order valence-electron chi connectivity index (χ0n) is 11.3. The van der Waals surface area contributed by atoms with E-state index in [1.54, 1.807) is 6.20 Å². The number of H-pyrrole nitrogens is 1. The molecule has 0 fully saturated rings. The SMILES string of the molecule is Cc1nccn1CC(O)COc1cccc2[nH]ccc12. The lowest BCUT2D eigenvalue weighted by Crippen LogP contribution is -2.23. The van der Waals surface area contributed by atoms with E-state index in [0.717, 1.165) is 22.5 Å². The lowest BCUT2D eigenvalue weighted by molar-refractivity contribution is 0.0927. The molecule has 0 aliphatic heterocycles. The first-order chi connectivity index (χ1) is 9.74. The van der Waals surface area contributed by atoms with Gasteiger partial charge in [0.1, 0.15) is 24.3 Å². The number of nitrogens with one attached hydrogen (secondary N) is 1. The molecule has 20 heavy (non-hydrogen) atoms. The molecule has 3 rings (SSSR count). The lowest BCUT2D eigenvalue weighted by atomic mass is 10.2. The van der Waals surface area contributed by atoms with Gasteiger partial charge in [0.2, 0.25) is 0 Å². The molecule has 5 nitrogen and oxygen atoms in total. The first-order valence-electron chi connectivity index (χ1n) is 6.59. The van der Waals surface area contributed by atoms with Crippen LogP contribution in [-0.4, -0.2) is 32.4 Å². The van der Waals surface area contributed by atoms with Gasteiger partial charge in [-0.1, -0.05) is 6.07 Å². The quantitative estimate of drug-likeness (QED) is 0.747. The number of benzene rings is 1. The summed E-state index contributed by atoms with van der Waals surface area (Å²) >= 11 is 0. The molecule has 5 heteroatoms. The van der Waals surface area contributed by atoms with E-state index in [1.807, 2.05) is 48.1 Å². The van der Waals surface area contributed by atoms with Crippen LogP contribution in [0, 0.1) is 6.92 Å². The summed E-state index contributed by atoms with van der Waals surface area (Å²) in [6, 6.07) is 7.80. The maximum atomic E-state index is 10.0. The van der Waals surface area contributed by atoms with Gasteiger partial charge in [-0.25, -0.2) is 4.98 Å². The summed E-state index contributed by atoms with van der Waals surface area (Å²) in [4.78, 5) is 7.27. The summed E-state index contributed by atoms with van der Waals surface area (Å²) in [7, 11) is 0. The smallest absolute Gasteiger partial charge is 0.128 e. The second-order valence-electron chi connectivity index (χ2n) is 4.79. The van der Waals surface area contributed by atoms with E-state index < -0.39 is 6.10 Å². The number of hydrogen-bond donors (Lipinski definition) is 2. The number of hydrogen-bond acceptors (Lipinski definition) is 3. The van der Waals surface area contributed by atoms with Crippen LogP contribution in [0.25, 0.3) is 10.9 Å². The van der Waals surface area contributed by atoms with Crippen LogP contribution in [0.4, 0.5) is 0 Å². The molecule has 0 aliphatic rings. The highest BCUT2D eigenvalue weighted by atomic mass is 16.5. The Morgan fingerprint density at radius 3 is 3.10 bits per heavy atom. The van der Waals surface area contributed by atoms with Crippen molar-refractivity contribution in [3.8, 4) is 5.75 Å². The van der Waals surface area contributed by atoms with Crippen LogP contribution in [0.1, 0.15) is 5.82 Å². The van der Waals surface area contributed by atoms with E-state index in [0.29, 0.717) is 6.54 Å². The average molecular weight is 271 g/mol. The minimum Gasteiger partial charge on any atom is -0.490 e. The molecular formula is C15H17N3O2. The Hall–Kier alpha value is -2.27. The maximum absolute atomic E-state index is 10.0. The molecule has 0 saturated carbocycles. The van der Waals surface area contributed by atoms with Gasteiger partial charge in [-0.15, -0.1) is 0 Å². The molecule has 0 spiro atoms. The van der Waals surface area contributed by atoms with Gasteiger partial charge < -0.3 is 19.4 Å². The molecule has 0 bridgehead atoms. The molecular weight excluding hydrogens is 254 g/mol. The van der Waals surface area contributed by atoms with E-state index in [4.69, 9.17) is 4.74 Å². The van der Waals surface area contributed by atoms with Gasteiger partial charge in [-0.3, -0.25) is 0 Å². The molecule has 1 atom stereocenters. The normalized spacial score (nSPS) is 12.7. The topological polar surface area (TPSA) is 63.1 Å². The minimum absolute atomic E-state index is 0.252. The Morgan fingerprint density at radius 2 is 2.30 bits per heavy atom. The Balaban J connectivity index is 1.64. The van der Waals surface area contributed by atoms with Gasteiger partial charge in [0.05, 0.1) is 6.54 Å². The fraction of sp³-hybridized carbons (Fsp3) is 0.267. The maximum Gasteiger partial charge on any atom is 0.128 e.